The Balaban J connectivity index is 1.39. The normalized spacial score (nSPS) is 31.8. The second-order valence-corrected chi connectivity index (χ2v) is 8.75. The Bertz CT molecular complexity index is 804. The number of nitrogens with one attached hydrogen (secondary N) is 1. The van der Waals surface area contributed by atoms with Crippen LogP contribution in [0.5, 0.6) is 0 Å². The molecule has 2 N–H and O–H groups in total. The van der Waals surface area contributed by atoms with Gasteiger partial charge in [0.1, 0.15) is 0 Å². The van der Waals surface area contributed by atoms with Crippen LogP contribution in [0.15, 0.2) is 48.5 Å². The zero-order valence-electron chi connectivity index (χ0n) is 14.9. The first kappa shape index (κ1) is 15.9. The molecule has 0 heterocycles. The minimum Gasteiger partial charge on any atom is -0.478 e. The fraction of sp³-hybridized carbons (Fsp3) is 0.435. The van der Waals surface area contributed by atoms with E-state index in [9.17, 15) is 9.90 Å². The number of para-hydroxylation sites is 1. The monoisotopic (exact) mass is 347 g/mol. The first-order chi connectivity index (χ1) is 12.6. The topological polar surface area (TPSA) is 49.3 Å². The van der Waals surface area contributed by atoms with Crippen molar-refractivity contribution in [3.8, 4) is 0 Å². The van der Waals surface area contributed by atoms with Gasteiger partial charge in [0.15, 0.2) is 0 Å². The first-order valence-corrected chi connectivity index (χ1v) is 9.81. The predicted octanol–water partition coefficient (Wildman–Crippen LogP) is 5.60. The lowest BCUT2D eigenvalue weighted by Crippen LogP contribution is -2.48. The van der Waals surface area contributed by atoms with Crippen LogP contribution < -0.4 is 5.32 Å². The first-order valence-electron chi connectivity index (χ1n) is 9.81. The number of hydrogen-bond donors (Lipinski definition) is 2. The van der Waals surface area contributed by atoms with Gasteiger partial charge in [0.25, 0.3) is 0 Å². The van der Waals surface area contributed by atoms with Crippen molar-refractivity contribution in [3.05, 3.63) is 59.7 Å². The fourth-order valence-electron chi connectivity index (χ4n) is 6.31. The van der Waals surface area contributed by atoms with Crippen molar-refractivity contribution in [2.45, 2.75) is 43.9 Å². The third-order valence-electron chi connectivity index (χ3n) is 6.97. The second kappa shape index (κ2) is 5.87. The number of carboxylic acids is 1. The van der Waals surface area contributed by atoms with Crippen LogP contribution in [0.4, 0.5) is 11.4 Å². The highest BCUT2D eigenvalue weighted by molar-refractivity contribution is 5.95. The van der Waals surface area contributed by atoms with Crippen LogP contribution in [-0.2, 0) is 5.41 Å². The van der Waals surface area contributed by atoms with Crippen molar-refractivity contribution in [1.82, 2.24) is 0 Å². The predicted molar refractivity (Wildman–Crippen MR) is 103 cm³/mol. The van der Waals surface area contributed by atoms with Crippen LogP contribution in [0.25, 0.3) is 0 Å². The molecule has 2 aromatic carbocycles. The number of aromatic carboxylic acids is 1. The molecule has 0 atom stereocenters. The van der Waals surface area contributed by atoms with E-state index in [1.807, 2.05) is 12.1 Å². The number of anilines is 2. The van der Waals surface area contributed by atoms with Crippen LogP contribution in [0, 0.1) is 17.8 Å². The molecule has 3 nitrogen and oxygen atoms in total. The molecule has 0 unspecified atom stereocenters. The van der Waals surface area contributed by atoms with Crippen LogP contribution in [-0.4, -0.2) is 11.1 Å². The van der Waals surface area contributed by atoms with Crippen molar-refractivity contribution in [2.75, 3.05) is 5.32 Å². The molecule has 0 radical (unpaired) electrons. The average Bonchev–Trinajstić information content (AvgIpc) is 2.61. The van der Waals surface area contributed by atoms with Crippen molar-refractivity contribution < 1.29 is 9.90 Å². The lowest BCUT2D eigenvalue weighted by atomic mass is 9.48. The molecule has 0 aromatic heterocycles. The van der Waals surface area contributed by atoms with Gasteiger partial charge in [-0.3, -0.25) is 0 Å². The Labute approximate surface area is 154 Å². The smallest absolute Gasteiger partial charge is 0.337 e. The highest BCUT2D eigenvalue weighted by atomic mass is 16.4. The van der Waals surface area contributed by atoms with Crippen molar-refractivity contribution in [1.29, 1.82) is 0 Å². The van der Waals surface area contributed by atoms with E-state index in [1.54, 1.807) is 12.1 Å². The summed E-state index contributed by atoms with van der Waals surface area (Å²) in [5.74, 6) is 1.93. The Hall–Kier alpha value is -2.29. The van der Waals surface area contributed by atoms with Crippen LogP contribution in [0.2, 0.25) is 0 Å². The Morgan fingerprint density at radius 2 is 1.46 bits per heavy atom. The van der Waals surface area contributed by atoms with Gasteiger partial charge in [-0.25, -0.2) is 4.79 Å². The molecule has 2 aromatic rings. The number of carboxylic acid groups (broad SMARTS) is 1. The average molecular weight is 347 g/mol. The summed E-state index contributed by atoms with van der Waals surface area (Å²) in [4.78, 5) is 11.4. The zero-order chi connectivity index (χ0) is 17.7. The summed E-state index contributed by atoms with van der Waals surface area (Å²) >= 11 is 0. The molecule has 0 spiro atoms. The van der Waals surface area contributed by atoms with E-state index in [0.717, 1.165) is 23.4 Å². The number of benzene rings is 2. The van der Waals surface area contributed by atoms with Crippen molar-refractivity contribution in [2.24, 2.45) is 17.8 Å². The number of carbonyl (C=O) groups is 1. The van der Waals surface area contributed by atoms with E-state index in [4.69, 9.17) is 0 Å². The molecular formula is C23H25NO2. The SMILES string of the molecule is O=C(O)c1ccccc1Nc1ccc(C23CC4CC(CC(C4)C2)C3)cc1. The zero-order valence-corrected chi connectivity index (χ0v) is 14.9. The van der Waals surface area contributed by atoms with Crippen LogP contribution in [0.1, 0.15) is 54.4 Å². The molecule has 134 valence electrons. The Kier molecular flexibility index (Phi) is 3.59. The molecule has 0 aliphatic heterocycles. The minimum absolute atomic E-state index is 0.303. The number of hydrogen-bond acceptors (Lipinski definition) is 2. The summed E-state index contributed by atoms with van der Waals surface area (Å²) in [6.07, 6.45) is 8.50. The van der Waals surface area contributed by atoms with Gasteiger partial charge in [-0.15, -0.1) is 0 Å². The van der Waals surface area contributed by atoms with Crippen LogP contribution in [0.3, 0.4) is 0 Å². The third kappa shape index (κ3) is 2.61. The van der Waals surface area contributed by atoms with E-state index < -0.39 is 5.97 Å². The van der Waals surface area contributed by atoms with Crippen molar-refractivity contribution in [3.63, 3.8) is 0 Å². The summed E-state index contributed by atoms with van der Waals surface area (Å²) in [7, 11) is 0. The summed E-state index contributed by atoms with van der Waals surface area (Å²) in [5, 5.41) is 12.6. The highest BCUT2D eigenvalue weighted by Gasteiger charge is 2.51. The lowest BCUT2D eigenvalue weighted by Gasteiger charge is -2.57. The maximum absolute atomic E-state index is 11.4. The molecule has 6 rings (SSSR count). The van der Waals surface area contributed by atoms with Gasteiger partial charge in [0, 0.05) is 5.69 Å². The maximum Gasteiger partial charge on any atom is 0.337 e. The fourth-order valence-corrected chi connectivity index (χ4v) is 6.31. The molecule has 26 heavy (non-hydrogen) atoms. The molecule has 4 saturated carbocycles. The molecule has 3 heteroatoms. The molecule has 4 aliphatic rings. The number of rotatable bonds is 4. The quantitative estimate of drug-likeness (QED) is 0.757. The van der Waals surface area contributed by atoms with E-state index in [1.165, 1.54) is 44.1 Å². The van der Waals surface area contributed by atoms with E-state index in [0.29, 0.717) is 16.7 Å². The molecule has 0 saturated heterocycles. The largest absolute Gasteiger partial charge is 0.478 e. The summed E-state index contributed by atoms with van der Waals surface area (Å²) in [5.41, 5.74) is 3.80. The van der Waals surface area contributed by atoms with Gasteiger partial charge >= 0.3 is 5.97 Å². The van der Waals surface area contributed by atoms with Gasteiger partial charge in [0.05, 0.1) is 11.3 Å². The minimum atomic E-state index is -0.904. The van der Waals surface area contributed by atoms with Gasteiger partial charge in [-0.2, -0.15) is 0 Å². The Morgan fingerprint density at radius 3 is 2.04 bits per heavy atom. The maximum atomic E-state index is 11.4. The standard InChI is InChI=1S/C23H25NO2/c25-22(26)20-3-1-2-4-21(20)24-19-7-5-18(6-8-19)23-12-15-9-16(13-23)11-17(10-15)14-23/h1-8,15-17,24H,9-14H2,(H,25,26). The molecule has 4 bridgehead atoms. The van der Waals surface area contributed by atoms with Gasteiger partial charge in [-0.1, -0.05) is 24.3 Å². The molecular weight excluding hydrogens is 322 g/mol. The lowest BCUT2D eigenvalue weighted by molar-refractivity contribution is -0.00518. The van der Waals surface area contributed by atoms with E-state index in [-0.39, 0.29) is 0 Å². The summed E-state index contributed by atoms with van der Waals surface area (Å²) in [6.45, 7) is 0. The summed E-state index contributed by atoms with van der Waals surface area (Å²) < 4.78 is 0. The van der Waals surface area contributed by atoms with Crippen molar-refractivity contribution >= 4 is 17.3 Å². The second-order valence-electron chi connectivity index (χ2n) is 8.75. The molecule has 0 amide bonds. The van der Waals surface area contributed by atoms with Gasteiger partial charge in [0.2, 0.25) is 0 Å². The van der Waals surface area contributed by atoms with Gasteiger partial charge < -0.3 is 10.4 Å². The molecule has 4 fully saturated rings. The molecule has 4 aliphatic carbocycles. The highest BCUT2D eigenvalue weighted by Crippen LogP contribution is 2.60. The van der Waals surface area contributed by atoms with E-state index in [2.05, 4.69) is 29.6 Å². The Morgan fingerprint density at radius 1 is 0.885 bits per heavy atom. The van der Waals surface area contributed by atoms with E-state index >= 15 is 0 Å². The third-order valence-corrected chi connectivity index (χ3v) is 6.97. The van der Waals surface area contributed by atoms with Crippen LogP contribution >= 0.6 is 0 Å². The van der Waals surface area contributed by atoms with Gasteiger partial charge in [-0.05, 0) is 91.5 Å². The summed E-state index contributed by atoms with van der Waals surface area (Å²) in [6, 6.07) is 15.9.